The number of nitrogens with zero attached hydrogens (tertiary/aromatic N) is 2. The second-order valence-corrected chi connectivity index (χ2v) is 5.85. The zero-order valence-corrected chi connectivity index (χ0v) is 13.1. The van der Waals surface area contributed by atoms with Gasteiger partial charge in [-0.05, 0) is 18.4 Å². The van der Waals surface area contributed by atoms with Crippen LogP contribution in [0.3, 0.4) is 0 Å². The Morgan fingerprint density at radius 3 is 2.90 bits per heavy atom. The first kappa shape index (κ1) is 15.5. The summed E-state index contributed by atoms with van der Waals surface area (Å²) >= 11 is 2.48. The molecule has 0 saturated carbocycles. The molecule has 2 aromatic heterocycles. The van der Waals surface area contributed by atoms with Gasteiger partial charge in [-0.2, -0.15) is 0 Å². The Morgan fingerprint density at radius 2 is 2.24 bits per heavy atom. The standard InChI is InChI=1S/C12H14N4O3S2/c1-3-16-10(18)9-7(4-5-20-9)14-12(16)21-6-8(17)15-11(19)13-2/h4-5H,3,6H2,1-2H3,(H2,13,15,17,19). The number of thioether (sulfide) groups is 1. The zero-order valence-electron chi connectivity index (χ0n) is 11.5. The smallest absolute Gasteiger partial charge is 0.321 e. The van der Waals surface area contributed by atoms with Gasteiger partial charge in [0.25, 0.3) is 5.56 Å². The number of thiophene rings is 1. The predicted molar refractivity (Wildman–Crippen MR) is 82.9 cm³/mol. The molecule has 0 aromatic carbocycles. The third-order valence-electron chi connectivity index (χ3n) is 2.66. The topological polar surface area (TPSA) is 93.1 Å². The normalized spacial score (nSPS) is 10.6. The molecule has 0 spiro atoms. The van der Waals surface area contributed by atoms with Gasteiger partial charge in [-0.3, -0.25) is 19.5 Å². The lowest BCUT2D eigenvalue weighted by molar-refractivity contribution is -0.117. The van der Waals surface area contributed by atoms with Gasteiger partial charge in [-0.1, -0.05) is 11.8 Å². The Kier molecular flexibility index (Phi) is 4.97. The molecule has 112 valence electrons. The van der Waals surface area contributed by atoms with E-state index < -0.39 is 11.9 Å². The summed E-state index contributed by atoms with van der Waals surface area (Å²) in [6.45, 7) is 2.32. The zero-order chi connectivity index (χ0) is 15.4. The maximum atomic E-state index is 12.3. The summed E-state index contributed by atoms with van der Waals surface area (Å²) in [5, 5.41) is 6.74. The molecular weight excluding hydrogens is 312 g/mol. The minimum atomic E-state index is -0.560. The quantitative estimate of drug-likeness (QED) is 0.646. The molecule has 2 heterocycles. The highest BCUT2D eigenvalue weighted by atomic mass is 32.2. The Labute approximate surface area is 128 Å². The fraction of sp³-hybridized carbons (Fsp3) is 0.333. The molecule has 7 nitrogen and oxygen atoms in total. The van der Waals surface area contributed by atoms with Crippen LogP contribution in [-0.4, -0.2) is 34.3 Å². The Morgan fingerprint density at radius 1 is 1.48 bits per heavy atom. The molecule has 2 aromatic rings. The molecule has 0 fully saturated rings. The SMILES string of the molecule is CCn1c(SCC(=O)NC(=O)NC)nc2ccsc2c1=O. The number of nitrogens with one attached hydrogen (secondary N) is 2. The Balaban J connectivity index is 2.20. The van der Waals surface area contributed by atoms with Crippen molar-refractivity contribution in [3.05, 3.63) is 21.8 Å². The maximum absolute atomic E-state index is 12.3. The fourth-order valence-electron chi connectivity index (χ4n) is 1.67. The van der Waals surface area contributed by atoms with E-state index in [2.05, 4.69) is 15.6 Å². The van der Waals surface area contributed by atoms with Gasteiger partial charge in [0.05, 0.1) is 11.3 Å². The van der Waals surface area contributed by atoms with Crippen molar-refractivity contribution in [2.75, 3.05) is 12.8 Å². The van der Waals surface area contributed by atoms with Crippen molar-refractivity contribution in [3.63, 3.8) is 0 Å². The second-order valence-electron chi connectivity index (χ2n) is 3.99. The van der Waals surface area contributed by atoms with E-state index in [1.165, 1.54) is 23.0 Å². The maximum Gasteiger partial charge on any atom is 0.321 e. The number of aromatic nitrogens is 2. The van der Waals surface area contributed by atoms with Crippen molar-refractivity contribution in [2.45, 2.75) is 18.6 Å². The van der Waals surface area contributed by atoms with Crippen molar-refractivity contribution in [1.29, 1.82) is 0 Å². The average molecular weight is 326 g/mol. The van der Waals surface area contributed by atoms with Crippen LogP contribution in [0, 0.1) is 0 Å². The summed E-state index contributed by atoms with van der Waals surface area (Å²) in [5.74, 6) is -0.433. The van der Waals surface area contributed by atoms with Crippen molar-refractivity contribution in [3.8, 4) is 0 Å². The molecule has 0 aliphatic carbocycles. The van der Waals surface area contributed by atoms with E-state index in [4.69, 9.17) is 0 Å². The molecule has 3 amide bonds. The van der Waals surface area contributed by atoms with Crippen LogP contribution in [0.15, 0.2) is 21.4 Å². The molecule has 0 aliphatic heterocycles. The number of imide groups is 1. The van der Waals surface area contributed by atoms with Gasteiger partial charge in [0.15, 0.2) is 5.16 Å². The molecular formula is C12H14N4O3S2. The molecule has 0 bridgehead atoms. The van der Waals surface area contributed by atoms with Gasteiger partial charge in [-0.25, -0.2) is 9.78 Å². The number of hydrogen-bond donors (Lipinski definition) is 2. The molecule has 0 aliphatic rings. The molecule has 0 unspecified atom stereocenters. The van der Waals surface area contributed by atoms with Crippen molar-refractivity contribution < 1.29 is 9.59 Å². The highest BCUT2D eigenvalue weighted by Crippen LogP contribution is 2.20. The summed E-state index contributed by atoms with van der Waals surface area (Å²) in [6, 6.07) is 1.21. The van der Waals surface area contributed by atoms with E-state index in [0.29, 0.717) is 21.9 Å². The van der Waals surface area contributed by atoms with E-state index in [1.54, 1.807) is 6.07 Å². The lowest BCUT2D eigenvalue weighted by Gasteiger charge is -2.09. The number of carbonyl (C=O) groups is 2. The lowest BCUT2D eigenvalue weighted by Crippen LogP contribution is -2.38. The first-order valence-corrected chi connectivity index (χ1v) is 8.05. The number of amides is 3. The monoisotopic (exact) mass is 326 g/mol. The van der Waals surface area contributed by atoms with Crippen LogP contribution in [-0.2, 0) is 11.3 Å². The first-order valence-electron chi connectivity index (χ1n) is 6.19. The minimum absolute atomic E-state index is 0.00943. The largest absolute Gasteiger partial charge is 0.341 e. The van der Waals surface area contributed by atoms with Crippen LogP contribution >= 0.6 is 23.1 Å². The number of urea groups is 1. The van der Waals surface area contributed by atoms with Crippen molar-refractivity contribution >= 4 is 45.3 Å². The lowest BCUT2D eigenvalue weighted by atomic mass is 10.5. The molecule has 0 atom stereocenters. The summed E-state index contributed by atoms with van der Waals surface area (Å²) in [7, 11) is 1.43. The molecule has 0 saturated heterocycles. The van der Waals surface area contributed by atoms with Crippen LogP contribution in [0.25, 0.3) is 10.2 Å². The minimum Gasteiger partial charge on any atom is -0.341 e. The fourth-order valence-corrected chi connectivity index (χ4v) is 3.31. The van der Waals surface area contributed by atoms with Crippen LogP contribution in [0.1, 0.15) is 6.92 Å². The van der Waals surface area contributed by atoms with E-state index in [0.717, 1.165) is 11.8 Å². The van der Waals surface area contributed by atoms with Gasteiger partial charge in [0.1, 0.15) is 4.70 Å². The van der Waals surface area contributed by atoms with Gasteiger partial charge in [0.2, 0.25) is 5.91 Å². The van der Waals surface area contributed by atoms with Gasteiger partial charge in [-0.15, -0.1) is 11.3 Å². The van der Waals surface area contributed by atoms with Crippen molar-refractivity contribution in [2.24, 2.45) is 0 Å². The van der Waals surface area contributed by atoms with Gasteiger partial charge < -0.3 is 5.32 Å². The summed E-state index contributed by atoms with van der Waals surface area (Å²) in [4.78, 5) is 39.3. The van der Waals surface area contributed by atoms with Gasteiger partial charge >= 0.3 is 6.03 Å². The number of hydrogen-bond acceptors (Lipinski definition) is 6. The van der Waals surface area contributed by atoms with Crippen LogP contribution in [0.2, 0.25) is 0 Å². The van der Waals surface area contributed by atoms with Crippen LogP contribution < -0.4 is 16.2 Å². The molecule has 21 heavy (non-hydrogen) atoms. The number of fused-ring (bicyclic) bond motifs is 1. The Bertz CT molecular complexity index is 738. The van der Waals surface area contributed by atoms with E-state index in [1.807, 2.05) is 12.3 Å². The highest BCUT2D eigenvalue weighted by molar-refractivity contribution is 7.99. The Hall–Kier alpha value is -1.87. The van der Waals surface area contributed by atoms with Gasteiger partial charge in [0, 0.05) is 13.6 Å². The molecule has 9 heteroatoms. The third kappa shape index (κ3) is 3.42. The number of rotatable bonds is 4. The van der Waals surface area contributed by atoms with E-state index in [9.17, 15) is 14.4 Å². The summed E-state index contributed by atoms with van der Waals surface area (Å²) in [6.07, 6.45) is 0. The summed E-state index contributed by atoms with van der Waals surface area (Å²) in [5.41, 5.74) is 0.524. The number of carbonyl (C=O) groups excluding carboxylic acids is 2. The average Bonchev–Trinajstić information content (AvgIpc) is 2.93. The highest BCUT2D eigenvalue weighted by Gasteiger charge is 2.13. The second kappa shape index (κ2) is 6.72. The first-order chi connectivity index (χ1) is 10.1. The summed E-state index contributed by atoms with van der Waals surface area (Å²) < 4.78 is 2.13. The van der Waals surface area contributed by atoms with E-state index >= 15 is 0 Å². The van der Waals surface area contributed by atoms with Crippen molar-refractivity contribution in [1.82, 2.24) is 20.2 Å². The van der Waals surface area contributed by atoms with Crippen LogP contribution in [0.5, 0.6) is 0 Å². The molecule has 2 N–H and O–H groups in total. The molecule has 2 rings (SSSR count). The predicted octanol–water partition coefficient (Wildman–Crippen LogP) is 1.03. The third-order valence-corrected chi connectivity index (χ3v) is 4.53. The van der Waals surface area contributed by atoms with Crippen LogP contribution in [0.4, 0.5) is 4.79 Å². The molecule has 0 radical (unpaired) electrons. The van der Waals surface area contributed by atoms with E-state index in [-0.39, 0.29) is 11.3 Å².